The second-order valence-electron chi connectivity index (χ2n) is 8.45. The van der Waals surface area contributed by atoms with Gasteiger partial charge in [-0.15, -0.1) is 0 Å². The molecular weight excluding hydrogens is 503 g/mol. The number of halogens is 4. The molecule has 8 nitrogen and oxygen atoms in total. The Morgan fingerprint density at radius 3 is 2.79 bits per heavy atom. The second kappa shape index (κ2) is 8.56. The van der Waals surface area contributed by atoms with Crippen molar-refractivity contribution in [3.63, 3.8) is 0 Å². The lowest BCUT2D eigenvalue weighted by atomic mass is 9.87. The second-order valence-corrected chi connectivity index (χ2v) is 9.20. The molecule has 1 aliphatic rings. The lowest BCUT2D eigenvalue weighted by Gasteiger charge is -2.22. The summed E-state index contributed by atoms with van der Waals surface area (Å²) in [5.41, 5.74) is 5.20. The van der Waals surface area contributed by atoms with Crippen molar-refractivity contribution in [1.82, 2.24) is 25.1 Å². The highest BCUT2D eigenvalue weighted by molar-refractivity contribution is 9.10. The molecular formula is C21H23BrF3N7O. The Hall–Kier alpha value is -2.73. The standard InChI is InChI=1S/C21H23BrF3N7O/c1-20(18(33)27-2)4-3-13(8-20)29-19-28-10-15-16(22)31-32(17(15)30-19)14-6-11(9-26)5-12(7-14)21(23,24)25/h5-7,10,13H,3-4,8-9,26H2,1-2H3,(H,27,33)(H,28,29,30)/t13-,20-/m1/s1. The molecule has 4 N–H and O–H groups in total. The van der Waals surface area contributed by atoms with Crippen LogP contribution in [0.15, 0.2) is 29.0 Å². The van der Waals surface area contributed by atoms with Crippen LogP contribution in [0.2, 0.25) is 0 Å². The minimum atomic E-state index is -4.53. The van der Waals surface area contributed by atoms with Gasteiger partial charge in [-0.05, 0) is 59.0 Å². The molecule has 0 bridgehead atoms. The highest BCUT2D eigenvalue weighted by Crippen LogP contribution is 2.39. The fraction of sp³-hybridized carbons (Fsp3) is 0.429. The number of carbonyl (C=O) groups is 1. The van der Waals surface area contributed by atoms with E-state index in [2.05, 4.69) is 41.6 Å². The van der Waals surface area contributed by atoms with E-state index >= 15 is 0 Å². The Balaban J connectivity index is 1.70. The van der Waals surface area contributed by atoms with Gasteiger partial charge in [-0.25, -0.2) is 9.67 Å². The summed E-state index contributed by atoms with van der Waals surface area (Å²) in [4.78, 5) is 21.1. The number of rotatable bonds is 5. The SMILES string of the molecule is CNC(=O)[C@]1(C)CC[C@@H](Nc2ncc3c(Br)nn(-c4cc(CN)cc(C(F)(F)F)c4)c3n2)C1. The van der Waals surface area contributed by atoms with Crippen molar-refractivity contribution in [2.75, 3.05) is 12.4 Å². The molecule has 4 rings (SSSR count). The summed E-state index contributed by atoms with van der Waals surface area (Å²) >= 11 is 3.34. The van der Waals surface area contributed by atoms with Crippen LogP contribution in [0.3, 0.4) is 0 Å². The molecule has 1 fully saturated rings. The fourth-order valence-electron chi connectivity index (χ4n) is 4.25. The summed E-state index contributed by atoms with van der Waals surface area (Å²) < 4.78 is 42.0. The Bertz CT molecular complexity index is 1210. The smallest absolute Gasteiger partial charge is 0.359 e. The Kier molecular flexibility index (Phi) is 6.08. The van der Waals surface area contributed by atoms with Gasteiger partial charge < -0.3 is 16.4 Å². The molecule has 1 aliphatic carbocycles. The van der Waals surface area contributed by atoms with Gasteiger partial charge in [0.15, 0.2) is 5.65 Å². The fourth-order valence-corrected chi connectivity index (χ4v) is 4.69. The van der Waals surface area contributed by atoms with E-state index in [1.807, 2.05) is 6.92 Å². The number of nitrogens with zero attached hydrogens (tertiary/aromatic N) is 4. The first-order chi connectivity index (χ1) is 15.5. The molecule has 1 aromatic carbocycles. The number of hydrogen-bond donors (Lipinski definition) is 3. The number of benzene rings is 1. The van der Waals surface area contributed by atoms with Crippen molar-refractivity contribution in [2.24, 2.45) is 11.1 Å². The minimum absolute atomic E-state index is 0.00886. The summed E-state index contributed by atoms with van der Waals surface area (Å²) in [6.45, 7) is 1.87. The van der Waals surface area contributed by atoms with Crippen molar-refractivity contribution in [2.45, 2.75) is 44.9 Å². The van der Waals surface area contributed by atoms with Crippen molar-refractivity contribution >= 4 is 38.8 Å². The molecule has 1 saturated carbocycles. The number of nitrogens with one attached hydrogen (secondary N) is 2. The minimum Gasteiger partial charge on any atom is -0.359 e. The molecule has 3 aromatic rings. The van der Waals surface area contributed by atoms with Gasteiger partial charge in [-0.3, -0.25) is 4.79 Å². The Morgan fingerprint density at radius 1 is 1.36 bits per heavy atom. The average Bonchev–Trinajstić information content (AvgIpc) is 3.32. The molecule has 2 aromatic heterocycles. The lowest BCUT2D eigenvalue weighted by molar-refractivity contribution is -0.137. The molecule has 12 heteroatoms. The zero-order valence-electron chi connectivity index (χ0n) is 18.0. The molecule has 0 unspecified atom stereocenters. The number of amides is 1. The van der Waals surface area contributed by atoms with Gasteiger partial charge >= 0.3 is 6.18 Å². The topological polar surface area (TPSA) is 111 Å². The molecule has 2 heterocycles. The van der Waals surface area contributed by atoms with Crippen LogP contribution in [-0.4, -0.2) is 38.7 Å². The monoisotopic (exact) mass is 525 g/mol. The normalized spacial score (nSPS) is 20.9. The third-order valence-electron chi connectivity index (χ3n) is 6.01. The molecule has 0 radical (unpaired) electrons. The van der Waals surface area contributed by atoms with Gasteiger partial charge in [-0.2, -0.15) is 23.3 Å². The maximum Gasteiger partial charge on any atom is 0.416 e. The van der Waals surface area contributed by atoms with E-state index in [0.717, 1.165) is 25.0 Å². The van der Waals surface area contributed by atoms with Gasteiger partial charge in [0.05, 0.1) is 16.6 Å². The maximum atomic E-state index is 13.4. The zero-order valence-corrected chi connectivity index (χ0v) is 19.6. The van der Waals surface area contributed by atoms with Gasteiger partial charge in [0.1, 0.15) is 4.60 Å². The number of alkyl halides is 3. The van der Waals surface area contributed by atoms with Gasteiger partial charge in [0, 0.05) is 31.2 Å². The summed E-state index contributed by atoms with van der Waals surface area (Å²) in [7, 11) is 1.62. The van der Waals surface area contributed by atoms with Crippen LogP contribution in [0.25, 0.3) is 16.7 Å². The number of fused-ring (bicyclic) bond motifs is 1. The van der Waals surface area contributed by atoms with Crippen LogP contribution in [0.1, 0.15) is 37.3 Å². The summed E-state index contributed by atoms with van der Waals surface area (Å²) in [6, 6.07) is 3.58. The van der Waals surface area contributed by atoms with Gasteiger partial charge in [-0.1, -0.05) is 6.92 Å². The number of hydrogen-bond acceptors (Lipinski definition) is 6. The van der Waals surface area contributed by atoms with E-state index in [1.165, 1.54) is 4.68 Å². The number of carbonyl (C=O) groups excluding carboxylic acids is 1. The van der Waals surface area contributed by atoms with E-state index in [0.29, 0.717) is 33.6 Å². The number of nitrogens with two attached hydrogens (primary N) is 1. The largest absolute Gasteiger partial charge is 0.416 e. The molecule has 0 saturated heterocycles. The molecule has 0 aliphatic heterocycles. The van der Waals surface area contributed by atoms with E-state index in [4.69, 9.17) is 5.73 Å². The third-order valence-corrected chi connectivity index (χ3v) is 6.60. The van der Waals surface area contributed by atoms with Crippen molar-refractivity contribution < 1.29 is 18.0 Å². The van der Waals surface area contributed by atoms with E-state index < -0.39 is 17.2 Å². The van der Waals surface area contributed by atoms with Crippen LogP contribution in [0, 0.1) is 5.41 Å². The summed E-state index contributed by atoms with van der Waals surface area (Å²) in [5, 5.41) is 10.8. The average molecular weight is 526 g/mol. The maximum absolute atomic E-state index is 13.4. The lowest BCUT2D eigenvalue weighted by Crippen LogP contribution is -2.35. The van der Waals surface area contributed by atoms with Crippen molar-refractivity contribution in [3.8, 4) is 5.69 Å². The van der Waals surface area contributed by atoms with Crippen molar-refractivity contribution in [3.05, 3.63) is 40.1 Å². The molecule has 0 spiro atoms. The third kappa shape index (κ3) is 4.54. The van der Waals surface area contributed by atoms with Crippen LogP contribution in [0.4, 0.5) is 19.1 Å². The summed E-state index contributed by atoms with van der Waals surface area (Å²) in [6.07, 6.45) is -0.862. The van der Waals surface area contributed by atoms with Crippen LogP contribution in [-0.2, 0) is 17.5 Å². The van der Waals surface area contributed by atoms with Crippen LogP contribution >= 0.6 is 15.9 Å². The van der Waals surface area contributed by atoms with E-state index in [1.54, 1.807) is 19.3 Å². The van der Waals surface area contributed by atoms with E-state index in [-0.39, 0.29) is 24.2 Å². The van der Waals surface area contributed by atoms with E-state index in [9.17, 15) is 18.0 Å². The molecule has 33 heavy (non-hydrogen) atoms. The Labute approximate surface area is 196 Å². The molecule has 1 amide bonds. The molecule has 2 atom stereocenters. The number of anilines is 1. The first-order valence-electron chi connectivity index (χ1n) is 10.4. The van der Waals surface area contributed by atoms with Crippen molar-refractivity contribution in [1.29, 1.82) is 0 Å². The zero-order chi connectivity index (χ0) is 24.0. The van der Waals surface area contributed by atoms with Crippen LogP contribution in [0.5, 0.6) is 0 Å². The Morgan fingerprint density at radius 2 is 2.12 bits per heavy atom. The highest BCUT2D eigenvalue weighted by atomic mass is 79.9. The van der Waals surface area contributed by atoms with Gasteiger partial charge in [0.2, 0.25) is 11.9 Å². The summed E-state index contributed by atoms with van der Waals surface area (Å²) in [5.74, 6) is 0.304. The van der Waals surface area contributed by atoms with Gasteiger partial charge in [0.25, 0.3) is 0 Å². The first-order valence-corrected chi connectivity index (χ1v) is 11.1. The highest BCUT2D eigenvalue weighted by Gasteiger charge is 2.41. The first kappa shape index (κ1) is 23.4. The quantitative estimate of drug-likeness (QED) is 0.467. The molecule has 176 valence electrons. The number of aromatic nitrogens is 4. The van der Waals surface area contributed by atoms with Crippen LogP contribution < -0.4 is 16.4 Å². The predicted molar refractivity (Wildman–Crippen MR) is 121 cm³/mol. The predicted octanol–water partition coefficient (Wildman–Crippen LogP) is 3.77.